The standard InChI is InChI=1S/C19H20ClFN4/c1-14-12-15(24-16-4-6-17(20)18(21)13-16)5-7-19(14)22-8-2-10-25-11-3-9-23-25/h3-7,9,11-13,22,24H,2,8,10H2,1H3. The Labute approximate surface area is 151 Å². The van der Waals surface area contributed by atoms with Crippen LogP contribution in [0.2, 0.25) is 5.02 Å². The SMILES string of the molecule is Cc1cc(Nc2ccc(Cl)c(F)c2)ccc1NCCCn1cccn1. The van der Waals surface area contributed by atoms with Crippen molar-refractivity contribution < 1.29 is 4.39 Å². The van der Waals surface area contributed by atoms with E-state index in [1.165, 1.54) is 6.07 Å². The first kappa shape index (κ1) is 17.3. The number of benzene rings is 2. The molecule has 0 atom stereocenters. The number of nitrogens with one attached hydrogen (secondary N) is 2. The maximum atomic E-state index is 13.5. The van der Waals surface area contributed by atoms with Crippen LogP contribution in [0.25, 0.3) is 0 Å². The third kappa shape index (κ3) is 4.73. The van der Waals surface area contributed by atoms with Crippen LogP contribution in [-0.2, 0) is 6.54 Å². The van der Waals surface area contributed by atoms with Crippen molar-refractivity contribution in [1.29, 1.82) is 0 Å². The molecule has 0 aliphatic heterocycles. The zero-order valence-electron chi connectivity index (χ0n) is 14.0. The van der Waals surface area contributed by atoms with Gasteiger partial charge in [-0.2, -0.15) is 5.10 Å². The second-order valence-corrected chi connectivity index (χ2v) is 6.24. The molecule has 0 saturated carbocycles. The van der Waals surface area contributed by atoms with Gasteiger partial charge in [0, 0.05) is 42.5 Å². The predicted octanol–water partition coefficient (Wildman–Crippen LogP) is 5.23. The van der Waals surface area contributed by atoms with Crippen LogP contribution in [0, 0.1) is 12.7 Å². The monoisotopic (exact) mass is 358 g/mol. The second kappa shape index (κ2) is 8.03. The van der Waals surface area contributed by atoms with Gasteiger partial charge < -0.3 is 10.6 Å². The molecule has 4 nitrogen and oxygen atoms in total. The molecule has 0 saturated heterocycles. The summed E-state index contributed by atoms with van der Waals surface area (Å²) in [4.78, 5) is 0. The van der Waals surface area contributed by atoms with E-state index in [9.17, 15) is 4.39 Å². The van der Waals surface area contributed by atoms with Gasteiger partial charge in [-0.05, 0) is 61.4 Å². The molecule has 130 valence electrons. The number of rotatable bonds is 7. The number of halogens is 2. The fourth-order valence-electron chi connectivity index (χ4n) is 2.58. The van der Waals surface area contributed by atoms with Crippen LogP contribution in [0.4, 0.5) is 21.5 Å². The molecule has 0 unspecified atom stereocenters. The van der Waals surface area contributed by atoms with Crippen molar-refractivity contribution in [2.75, 3.05) is 17.2 Å². The lowest BCUT2D eigenvalue weighted by atomic mass is 10.1. The number of aryl methyl sites for hydroxylation is 2. The molecule has 6 heteroatoms. The molecule has 0 bridgehead atoms. The van der Waals surface area contributed by atoms with Crippen molar-refractivity contribution in [3.8, 4) is 0 Å². The van der Waals surface area contributed by atoms with E-state index >= 15 is 0 Å². The molecule has 0 aliphatic rings. The third-order valence-corrected chi connectivity index (χ3v) is 4.18. The fraction of sp³-hybridized carbons (Fsp3) is 0.211. The summed E-state index contributed by atoms with van der Waals surface area (Å²) in [5, 5.41) is 10.9. The van der Waals surface area contributed by atoms with Crippen molar-refractivity contribution in [3.05, 3.63) is 71.3 Å². The summed E-state index contributed by atoms with van der Waals surface area (Å²) in [6, 6.07) is 12.6. The van der Waals surface area contributed by atoms with E-state index in [4.69, 9.17) is 11.6 Å². The highest BCUT2D eigenvalue weighted by molar-refractivity contribution is 6.30. The summed E-state index contributed by atoms with van der Waals surface area (Å²) in [5.74, 6) is -0.432. The van der Waals surface area contributed by atoms with Crippen LogP contribution < -0.4 is 10.6 Å². The second-order valence-electron chi connectivity index (χ2n) is 5.83. The van der Waals surface area contributed by atoms with Crippen molar-refractivity contribution in [3.63, 3.8) is 0 Å². The lowest BCUT2D eigenvalue weighted by molar-refractivity contribution is 0.592. The fourth-order valence-corrected chi connectivity index (χ4v) is 2.69. The highest BCUT2D eigenvalue weighted by atomic mass is 35.5. The molecule has 0 amide bonds. The van der Waals surface area contributed by atoms with E-state index in [0.29, 0.717) is 5.69 Å². The maximum Gasteiger partial charge on any atom is 0.143 e. The summed E-state index contributed by atoms with van der Waals surface area (Å²) in [6.45, 7) is 3.81. The molecular weight excluding hydrogens is 339 g/mol. The summed E-state index contributed by atoms with van der Waals surface area (Å²) in [5.41, 5.74) is 3.79. The zero-order valence-corrected chi connectivity index (χ0v) is 14.7. The van der Waals surface area contributed by atoms with Gasteiger partial charge in [0.2, 0.25) is 0 Å². The molecule has 25 heavy (non-hydrogen) atoms. The number of aromatic nitrogens is 2. The average molecular weight is 359 g/mol. The number of hydrogen-bond acceptors (Lipinski definition) is 3. The summed E-state index contributed by atoms with van der Waals surface area (Å²) in [7, 11) is 0. The van der Waals surface area contributed by atoms with E-state index in [0.717, 1.165) is 36.4 Å². The Bertz CT molecular complexity index is 833. The first-order valence-corrected chi connectivity index (χ1v) is 8.53. The number of anilines is 3. The lowest BCUT2D eigenvalue weighted by Gasteiger charge is -2.13. The number of nitrogens with zero attached hydrogens (tertiary/aromatic N) is 2. The van der Waals surface area contributed by atoms with Crippen molar-refractivity contribution >= 4 is 28.7 Å². The normalized spacial score (nSPS) is 10.7. The van der Waals surface area contributed by atoms with E-state index in [1.807, 2.05) is 42.1 Å². The summed E-state index contributed by atoms with van der Waals surface area (Å²) < 4.78 is 15.4. The van der Waals surface area contributed by atoms with Crippen LogP contribution in [0.3, 0.4) is 0 Å². The average Bonchev–Trinajstić information content (AvgIpc) is 3.10. The molecule has 2 N–H and O–H groups in total. The van der Waals surface area contributed by atoms with Gasteiger partial charge in [-0.25, -0.2) is 4.39 Å². The van der Waals surface area contributed by atoms with Gasteiger partial charge in [-0.3, -0.25) is 4.68 Å². The minimum atomic E-state index is -0.432. The minimum Gasteiger partial charge on any atom is -0.385 e. The molecule has 3 rings (SSSR count). The molecular formula is C19H20ClFN4. The lowest BCUT2D eigenvalue weighted by Crippen LogP contribution is -2.08. The minimum absolute atomic E-state index is 0.122. The Morgan fingerprint density at radius 3 is 2.68 bits per heavy atom. The molecule has 0 fully saturated rings. The van der Waals surface area contributed by atoms with Gasteiger partial charge in [-0.15, -0.1) is 0 Å². The maximum absolute atomic E-state index is 13.5. The highest BCUT2D eigenvalue weighted by Crippen LogP contribution is 2.25. The third-order valence-electron chi connectivity index (χ3n) is 3.87. The smallest absolute Gasteiger partial charge is 0.143 e. The van der Waals surface area contributed by atoms with Crippen molar-refractivity contribution in [1.82, 2.24) is 9.78 Å². The van der Waals surface area contributed by atoms with Crippen LogP contribution in [0.15, 0.2) is 54.9 Å². The Hall–Kier alpha value is -2.53. The van der Waals surface area contributed by atoms with Crippen LogP contribution >= 0.6 is 11.6 Å². The Morgan fingerprint density at radius 2 is 1.96 bits per heavy atom. The topological polar surface area (TPSA) is 41.9 Å². The Kier molecular flexibility index (Phi) is 5.56. The summed E-state index contributed by atoms with van der Waals surface area (Å²) in [6.07, 6.45) is 4.74. The van der Waals surface area contributed by atoms with Gasteiger partial charge >= 0.3 is 0 Å². The molecule has 1 aromatic heterocycles. The molecule has 2 aromatic carbocycles. The van der Waals surface area contributed by atoms with Gasteiger partial charge in [0.25, 0.3) is 0 Å². The highest BCUT2D eigenvalue weighted by Gasteiger charge is 2.04. The van der Waals surface area contributed by atoms with Gasteiger partial charge in [0.15, 0.2) is 0 Å². The van der Waals surface area contributed by atoms with E-state index in [2.05, 4.69) is 15.7 Å². The Balaban J connectivity index is 1.55. The van der Waals surface area contributed by atoms with Crippen LogP contribution in [0.5, 0.6) is 0 Å². The first-order chi connectivity index (χ1) is 12.1. The van der Waals surface area contributed by atoms with Crippen LogP contribution in [-0.4, -0.2) is 16.3 Å². The van der Waals surface area contributed by atoms with E-state index < -0.39 is 5.82 Å². The van der Waals surface area contributed by atoms with E-state index in [-0.39, 0.29) is 5.02 Å². The van der Waals surface area contributed by atoms with Crippen molar-refractivity contribution in [2.45, 2.75) is 19.9 Å². The van der Waals surface area contributed by atoms with E-state index in [1.54, 1.807) is 18.3 Å². The molecule has 0 spiro atoms. The molecule has 1 heterocycles. The predicted molar refractivity (Wildman–Crippen MR) is 101 cm³/mol. The quantitative estimate of drug-likeness (QED) is 0.568. The first-order valence-electron chi connectivity index (χ1n) is 8.16. The zero-order chi connectivity index (χ0) is 17.6. The summed E-state index contributed by atoms with van der Waals surface area (Å²) >= 11 is 5.71. The van der Waals surface area contributed by atoms with Crippen molar-refractivity contribution in [2.24, 2.45) is 0 Å². The van der Waals surface area contributed by atoms with Gasteiger partial charge in [-0.1, -0.05) is 11.6 Å². The molecule has 3 aromatic rings. The molecule has 0 aliphatic carbocycles. The Morgan fingerprint density at radius 1 is 1.16 bits per heavy atom. The molecule has 0 radical (unpaired) electrons. The number of hydrogen-bond donors (Lipinski definition) is 2. The van der Waals surface area contributed by atoms with Gasteiger partial charge in [0.1, 0.15) is 5.82 Å². The van der Waals surface area contributed by atoms with Crippen LogP contribution in [0.1, 0.15) is 12.0 Å². The largest absolute Gasteiger partial charge is 0.385 e. The van der Waals surface area contributed by atoms with Gasteiger partial charge in [0.05, 0.1) is 5.02 Å².